The van der Waals surface area contributed by atoms with Gasteiger partial charge in [0.05, 0.1) is 0 Å². The molecule has 0 rings (SSSR count). The molecule has 0 heteroatoms. The monoisotopic (exact) mass is 302 g/mol. The smallest absolute Gasteiger partial charge is 0.0162 e. The SMILES string of the molecule is C#C/C=C/CCCCCCCCCC/C=C/CCCCCC. The second kappa shape index (κ2) is 20.0. The van der Waals surface area contributed by atoms with E-state index in [1.807, 2.05) is 6.08 Å². The maximum Gasteiger partial charge on any atom is -0.0162 e. The Labute approximate surface area is 140 Å². The highest BCUT2D eigenvalue weighted by molar-refractivity contribution is 5.08. The van der Waals surface area contributed by atoms with Crippen LogP contribution >= 0.6 is 0 Å². The molecule has 22 heavy (non-hydrogen) atoms. The second-order valence-corrected chi connectivity index (χ2v) is 6.30. The molecule has 0 radical (unpaired) electrons. The minimum absolute atomic E-state index is 1.15. The van der Waals surface area contributed by atoms with Crippen molar-refractivity contribution in [2.75, 3.05) is 0 Å². The predicted molar refractivity (Wildman–Crippen MR) is 102 cm³/mol. The second-order valence-electron chi connectivity index (χ2n) is 6.30. The number of terminal acetylenes is 1. The van der Waals surface area contributed by atoms with Gasteiger partial charge in [0.2, 0.25) is 0 Å². The predicted octanol–water partition coefficient (Wildman–Crippen LogP) is 7.60. The van der Waals surface area contributed by atoms with Gasteiger partial charge in [-0.05, 0) is 44.6 Å². The van der Waals surface area contributed by atoms with E-state index in [0.29, 0.717) is 0 Å². The molecule has 0 aromatic carbocycles. The first-order valence-corrected chi connectivity index (χ1v) is 9.68. The van der Waals surface area contributed by atoms with E-state index in [1.165, 1.54) is 89.9 Å². The fourth-order valence-corrected chi connectivity index (χ4v) is 2.66. The average molecular weight is 303 g/mol. The Morgan fingerprint density at radius 3 is 1.45 bits per heavy atom. The van der Waals surface area contributed by atoms with Gasteiger partial charge in [0.25, 0.3) is 0 Å². The van der Waals surface area contributed by atoms with E-state index >= 15 is 0 Å². The van der Waals surface area contributed by atoms with Crippen molar-refractivity contribution >= 4 is 0 Å². The normalized spacial score (nSPS) is 11.5. The molecule has 0 aromatic rings. The molecule has 0 N–H and O–H groups in total. The fourth-order valence-electron chi connectivity index (χ4n) is 2.66. The maximum atomic E-state index is 5.16. The molecule has 0 heterocycles. The Balaban J connectivity index is 3.06. The zero-order chi connectivity index (χ0) is 16.1. The summed E-state index contributed by atoms with van der Waals surface area (Å²) in [5.74, 6) is 2.54. The molecule has 0 atom stereocenters. The molecule has 0 unspecified atom stereocenters. The van der Waals surface area contributed by atoms with E-state index in [2.05, 4.69) is 31.1 Å². The zero-order valence-electron chi connectivity index (χ0n) is 15.0. The molecular weight excluding hydrogens is 264 g/mol. The first-order valence-electron chi connectivity index (χ1n) is 9.68. The van der Waals surface area contributed by atoms with Crippen molar-refractivity contribution in [3.8, 4) is 12.3 Å². The van der Waals surface area contributed by atoms with E-state index in [9.17, 15) is 0 Å². The van der Waals surface area contributed by atoms with Gasteiger partial charge in [-0.25, -0.2) is 0 Å². The molecule has 0 saturated carbocycles. The van der Waals surface area contributed by atoms with Crippen LogP contribution in [0.4, 0.5) is 0 Å². The van der Waals surface area contributed by atoms with Gasteiger partial charge in [0.15, 0.2) is 0 Å². The van der Waals surface area contributed by atoms with Crippen LogP contribution in [0.2, 0.25) is 0 Å². The number of unbranched alkanes of at least 4 members (excludes halogenated alkanes) is 13. The minimum atomic E-state index is 1.15. The average Bonchev–Trinajstić information content (AvgIpc) is 2.54. The topological polar surface area (TPSA) is 0 Å². The first kappa shape index (κ1) is 21.0. The summed E-state index contributed by atoms with van der Waals surface area (Å²) in [6, 6.07) is 0. The molecule has 0 aliphatic heterocycles. The summed E-state index contributed by atoms with van der Waals surface area (Å²) in [5.41, 5.74) is 0. The quantitative estimate of drug-likeness (QED) is 0.156. The number of hydrogen-bond donors (Lipinski definition) is 0. The van der Waals surface area contributed by atoms with Crippen LogP contribution in [0.3, 0.4) is 0 Å². The molecule has 0 fully saturated rings. The van der Waals surface area contributed by atoms with Crippen LogP contribution in [0.1, 0.15) is 103 Å². The molecule has 0 nitrogen and oxygen atoms in total. The van der Waals surface area contributed by atoms with Crippen molar-refractivity contribution in [2.45, 2.75) is 103 Å². The Hall–Kier alpha value is -0.960. The zero-order valence-corrected chi connectivity index (χ0v) is 15.0. The van der Waals surface area contributed by atoms with Gasteiger partial charge in [0.1, 0.15) is 0 Å². The molecule has 0 saturated heterocycles. The van der Waals surface area contributed by atoms with Gasteiger partial charge in [-0.2, -0.15) is 0 Å². The summed E-state index contributed by atoms with van der Waals surface area (Å²) in [7, 11) is 0. The summed E-state index contributed by atoms with van der Waals surface area (Å²) >= 11 is 0. The number of hydrogen-bond acceptors (Lipinski definition) is 0. The van der Waals surface area contributed by atoms with Crippen molar-refractivity contribution in [2.24, 2.45) is 0 Å². The molecular formula is C22H38. The molecule has 126 valence electrons. The first-order chi connectivity index (χ1) is 10.9. The molecule has 0 spiro atoms. The van der Waals surface area contributed by atoms with Crippen molar-refractivity contribution in [3.05, 3.63) is 24.3 Å². The van der Waals surface area contributed by atoms with E-state index in [0.717, 1.165) is 6.42 Å². The minimum Gasteiger partial charge on any atom is -0.115 e. The lowest BCUT2D eigenvalue weighted by Crippen LogP contribution is -1.81. The Kier molecular flexibility index (Phi) is 19.2. The van der Waals surface area contributed by atoms with Crippen LogP contribution in [0.5, 0.6) is 0 Å². The van der Waals surface area contributed by atoms with Gasteiger partial charge >= 0.3 is 0 Å². The molecule has 0 aliphatic rings. The number of allylic oxidation sites excluding steroid dienone is 4. The largest absolute Gasteiger partial charge is 0.115 e. The van der Waals surface area contributed by atoms with Gasteiger partial charge in [0, 0.05) is 0 Å². The Morgan fingerprint density at radius 2 is 1.00 bits per heavy atom. The lowest BCUT2D eigenvalue weighted by Gasteiger charge is -2.00. The summed E-state index contributed by atoms with van der Waals surface area (Å²) < 4.78 is 0. The summed E-state index contributed by atoms with van der Waals surface area (Å²) in [6.07, 6.45) is 34.2. The lowest BCUT2D eigenvalue weighted by molar-refractivity contribution is 0.571. The van der Waals surface area contributed by atoms with E-state index < -0.39 is 0 Å². The van der Waals surface area contributed by atoms with Gasteiger partial charge in [-0.1, -0.05) is 88.9 Å². The van der Waals surface area contributed by atoms with Crippen LogP contribution in [0, 0.1) is 12.3 Å². The number of rotatable bonds is 16. The van der Waals surface area contributed by atoms with Crippen LogP contribution in [0.25, 0.3) is 0 Å². The third kappa shape index (κ3) is 19.0. The van der Waals surface area contributed by atoms with E-state index in [4.69, 9.17) is 6.42 Å². The van der Waals surface area contributed by atoms with Gasteiger partial charge < -0.3 is 0 Å². The maximum absolute atomic E-state index is 5.16. The van der Waals surface area contributed by atoms with Gasteiger partial charge in [-0.3, -0.25) is 0 Å². The van der Waals surface area contributed by atoms with Crippen molar-refractivity contribution in [1.29, 1.82) is 0 Å². The summed E-state index contributed by atoms with van der Waals surface area (Å²) in [5, 5.41) is 0. The fraction of sp³-hybridized carbons (Fsp3) is 0.727. The van der Waals surface area contributed by atoms with Crippen molar-refractivity contribution in [1.82, 2.24) is 0 Å². The summed E-state index contributed by atoms with van der Waals surface area (Å²) in [6.45, 7) is 2.27. The van der Waals surface area contributed by atoms with Crippen molar-refractivity contribution < 1.29 is 0 Å². The highest BCUT2D eigenvalue weighted by Gasteiger charge is 1.91. The third-order valence-electron chi connectivity index (χ3n) is 4.10. The van der Waals surface area contributed by atoms with Crippen LogP contribution < -0.4 is 0 Å². The molecule has 0 bridgehead atoms. The third-order valence-corrected chi connectivity index (χ3v) is 4.10. The molecule has 0 aliphatic carbocycles. The highest BCUT2D eigenvalue weighted by atomic mass is 14.0. The Morgan fingerprint density at radius 1 is 0.591 bits per heavy atom. The highest BCUT2D eigenvalue weighted by Crippen LogP contribution is 2.11. The van der Waals surface area contributed by atoms with E-state index in [-0.39, 0.29) is 0 Å². The standard InChI is InChI=1S/C22H38/c1-3-5-7-9-11-13-15-17-19-21-22-20-18-16-14-12-10-8-6-4-2/h1,5,7,14,16H,4,6,8-13,15,17-22H2,2H3/b7-5+,16-14+. The van der Waals surface area contributed by atoms with Crippen LogP contribution in [-0.4, -0.2) is 0 Å². The van der Waals surface area contributed by atoms with Crippen LogP contribution in [0.15, 0.2) is 24.3 Å². The molecule has 0 aromatic heterocycles. The van der Waals surface area contributed by atoms with Crippen molar-refractivity contribution in [3.63, 3.8) is 0 Å². The van der Waals surface area contributed by atoms with E-state index in [1.54, 1.807) is 0 Å². The lowest BCUT2D eigenvalue weighted by atomic mass is 10.1. The van der Waals surface area contributed by atoms with Gasteiger partial charge in [-0.15, -0.1) is 6.42 Å². The Bertz CT molecular complexity index is 290. The summed E-state index contributed by atoms with van der Waals surface area (Å²) in [4.78, 5) is 0. The molecule has 0 amide bonds. The van der Waals surface area contributed by atoms with Crippen LogP contribution in [-0.2, 0) is 0 Å².